The molecule has 1 aromatic rings. The molecule has 7 heteroatoms. The van der Waals surface area contributed by atoms with Crippen LogP contribution in [0.2, 0.25) is 0 Å². The fraction of sp³-hybridized carbons (Fsp3) is 0.471. The van der Waals surface area contributed by atoms with Crippen LogP contribution >= 0.6 is 0 Å². The molecule has 0 spiro atoms. The van der Waals surface area contributed by atoms with Crippen molar-refractivity contribution in [2.45, 2.75) is 38.5 Å². The van der Waals surface area contributed by atoms with Crippen molar-refractivity contribution in [1.82, 2.24) is 4.90 Å². The summed E-state index contributed by atoms with van der Waals surface area (Å²) in [6, 6.07) is 5.61. The Morgan fingerprint density at radius 3 is 2.62 bits per heavy atom. The van der Waals surface area contributed by atoms with Crippen molar-refractivity contribution in [1.29, 1.82) is 0 Å². The second-order valence-electron chi connectivity index (χ2n) is 5.78. The zero-order valence-corrected chi connectivity index (χ0v) is 13.9. The fourth-order valence-corrected chi connectivity index (χ4v) is 2.72. The van der Waals surface area contributed by atoms with Crippen LogP contribution in [0.25, 0.3) is 0 Å². The van der Waals surface area contributed by atoms with Crippen molar-refractivity contribution >= 4 is 17.7 Å². The predicted octanol–water partition coefficient (Wildman–Crippen LogP) is 1.36. The normalized spacial score (nSPS) is 21.4. The van der Waals surface area contributed by atoms with E-state index in [1.165, 1.54) is 18.9 Å². The van der Waals surface area contributed by atoms with Crippen LogP contribution in [0.5, 0.6) is 5.75 Å². The number of ketones is 1. The first-order valence-electron chi connectivity index (χ1n) is 7.67. The minimum Gasteiger partial charge on any atom is -0.481 e. The molecule has 130 valence electrons. The van der Waals surface area contributed by atoms with E-state index >= 15 is 0 Å². The van der Waals surface area contributed by atoms with E-state index < -0.39 is 24.0 Å². The topological polar surface area (TPSA) is 93.1 Å². The average molecular weight is 335 g/mol. The molecule has 0 aliphatic carbocycles. The fourth-order valence-electron chi connectivity index (χ4n) is 2.72. The lowest BCUT2D eigenvalue weighted by Gasteiger charge is -2.25. The van der Waals surface area contributed by atoms with Gasteiger partial charge in [0.05, 0.1) is 6.10 Å². The highest BCUT2D eigenvalue weighted by atomic mass is 16.5. The van der Waals surface area contributed by atoms with Crippen LogP contribution in [0.15, 0.2) is 24.3 Å². The maximum absolute atomic E-state index is 12.6. The Balaban J connectivity index is 2.10. The first-order chi connectivity index (χ1) is 11.3. The van der Waals surface area contributed by atoms with E-state index in [4.69, 9.17) is 9.47 Å². The lowest BCUT2D eigenvalue weighted by Crippen LogP contribution is -2.46. The van der Waals surface area contributed by atoms with E-state index in [2.05, 4.69) is 0 Å². The van der Waals surface area contributed by atoms with Crippen LogP contribution in [0.1, 0.15) is 30.6 Å². The van der Waals surface area contributed by atoms with E-state index in [1.807, 2.05) is 0 Å². The van der Waals surface area contributed by atoms with E-state index in [9.17, 15) is 19.5 Å². The molecular weight excluding hydrogens is 314 g/mol. The standard InChI is InChI=1S/C17H21NO6/c1-10(19)12-5-4-6-13(7-12)24-11(2)16(20)18-9-14(23-3)8-15(18)17(21)22/h4-7,11,14-15H,8-9H2,1-3H3,(H,21,22). The number of likely N-dealkylation sites (tertiary alicyclic amines) is 1. The maximum Gasteiger partial charge on any atom is 0.326 e. The van der Waals surface area contributed by atoms with E-state index in [1.54, 1.807) is 31.2 Å². The summed E-state index contributed by atoms with van der Waals surface area (Å²) in [6.45, 7) is 3.22. The molecule has 1 fully saturated rings. The van der Waals surface area contributed by atoms with Crippen LogP contribution in [-0.4, -0.2) is 59.6 Å². The number of carboxylic acids is 1. The third kappa shape index (κ3) is 3.91. The Kier molecular flexibility index (Phi) is 5.56. The van der Waals surface area contributed by atoms with Gasteiger partial charge in [0.15, 0.2) is 11.9 Å². The molecule has 3 unspecified atom stereocenters. The number of hydrogen-bond acceptors (Lipinski definition) is 5. The second-order valence-corrected chi connectivity index (χ2v) is 5.78. The summed E-state index contributed by atoms with van der Waals surface area (Å²) in [5.41, 5.74) is 0.483. The van der Waals surface area contributed by atoms with Crippen LogP contribution in [-0.2, 0) is 14.3 Å². The summed E-state index contributed by atoms with van der Waals surface area (Å²) in [5, 5.41) is 9.29. The second kappa shape index (κ2) is 7.44. The highest BCUT2D eigenvalue weighted by Gasteiger charge is 2.41. The number of carboxylic acid groups (broad SMARTS) is 1. The van der Waals surface area contributed by atoms with E-state index in [-0.39, 0.29) is 24.9 Å². The summed E-state index contributed by atoms with van der Waals surface area (Å²) >= 11 is 0. The summed E-state index contributed by atoms with van der Waals surface area (Å²) in [7, 11) is 1.49. The van der Waals surface area contributed by atoms with Gasteiger partial charge < -0.3 is 19.5 Å². The molecular formula is C17H21NO6. The third-order valence-corrected chi connectivity index (χ3v) is 4.07. The molecule has 7 nitrogen and oxygen atoms in total. The highest BCUT2D eigenvalue weighted by Crippen LogP contribution is 2.23. The number of amides is 1. The number of aliphatic carboxylic acids is 1. The van der Waals surface area contributed by atoms with Crippen LogP contribution < -0.4 is 4.74 Å². The number of rotatable bonds is 6. The minimum atomic E-state index is -1.06. The van der Waals surface area contributed by atoms with Gasteiger partial charge in [-0.2, -0.15) is 0 Å². The summed E-state index contributed by atoms with van der Waals surface area (Å²) in [6.07, 6.45) is -0.919. The monoisotopic (exact) mass is 335 g/mol. The number of Topliss-reactive ketones (excluding diaryl/α,β-unsaturated/α-hetero) is 1. The van der Waals surface area contributed by atoms with Crippen molar-refractivity contribution in [2.75, 3.05) is 13.7 Å². The maximum atomic E-state index is 12.6. The number of ether oxygens (including phenoxy) is 2. The Labute approximate surface area is 140 Å². The Morgan fingerprint density at radius 2 is 2.04 bits per heavy atom. The Hall–Kier alpha value is -2.41. The quantitative estimate of drug-likeness (QED) is 0.789. The molecule has 3 atom stereocenters. The zero-order valence-electron chi connectivity index (χ0n) is 13.9. The van der Waals surface area contributed by atoms with Gasteiger partial charge in [0.1, 0.15) is 11.8 Å². The Morgan fingerprint density at radius 1 is 1.33 bits per heavy atom. The number of hydrogen-bond donors (Lipinski definition) is 1. The summed E-state index contributed by atoms with van der Waals surface area (Å²) in [4.78, 5) is 36.6. The van der Waals surface area contributed by atoms with Gasteiger partial charge in [-0.15, -0.1) is 0 Å². The third-order valence-electron chi connectivity index (χ3n) is 4.07. The number of benzene rings is 1. The molecule has 0 bridgehead atoms. The smallest absolute Gasteiger partial charge is 0.326 e. The van der Waals surface area contributed by atoms with Gasteiger partial charge in [-0.25, -0.2) is 4.79 Å². The van der Waals surface area contributed by atoms with Crippen molar-refractivity contribution in [2.24, 2.45) is 0 Å². The zero-order chi connectivity index (χ0) is 17.9. The Bertz CT molecular complexity index is 644. The van der Waals surface area contributed by atoms with Gasteiger partial charge in [0.25, 0.3) is 5.91 Å². The first kappa shape index (κ1) is 17.9. The number of nitrogens with zero attached hydrogens (tertiary/aromatic N) is 1. The van der Waals surface area contributed by atoms with Gasteiger partial charge in [0.2, 0.25) is 0 Å². The van der Waals surface area contributed by atoms with Crippen molar-refractivity contribution in [3.8, 4) is 5.75 Å². The molecule has 0 radical (unpaired) electrons. The molecule has 1 aliphatic heterocycles. The van der Waals surface area contributed by atoms with Crippen molar-refractivity contribution in [3.05, 3.63) is 29.8 Å². The summed E-state index contributed by atoms with van der Waals surface area (Å²) in [5.74, 6) is -1.20. The molecule has 1 saturated heterocycles. The van der Waals surface area contributed by atoms with Gasteiger partial charge >= 0.3 is 5.97 Å². The molecule has 1 amide bonds. The first-order valence-corrected chi connectivity index (χ1v) is 7.67. The van der Waals surface area contributed by atoms with E-state index in [0.717, 1.165) is 0 Å². The summed E-state index contributed by atoms with van der Waals surface area (Å²) < 4.78 is 10.8. The molecule has 24 heavy (non-hydrogen) atoms. The van der Waals surface area contributed by atoms with Crippen molar-refractivity contribution < 1.29 is 29.0 Å². The lowest BCUT2D eigenvalue weighted by atomic mass is 10.1. The van der Waals surface area contributed by atoms with Crippen LogP contribution in [0.4, 0.5) is 0 Å². The molecule has 1 aliphatic rings. The number of carbonyl (C=O) groups is 3. The SMILES string of the molecule is COC1CC(C(=O)O)N(C(=O)C(C)Oc2cccc(C(C)=O)c2)C1. The van der Waals surface area contributed by atoms with Crippen LogP contribution in [0.3, 0.4) is 0 Å². The number of carbonyl (C=O) groups excluding carboxylic acids is 2. The van der Waals surface area contributed by atoms with Gasteiger partial charge in [-0.1, -0.05) is 12.1 Å². The molecule has 1 heterocycles. The minimum absolute atomic E-state index is 0.104. The van der Waals surface area contributed by atoms with Gasteiger partial charge in [-0.3, -0.25) is 9.59 Å². The molecule has 0 saturated carbocycles. The van der Waals surface area contributed by atoms with Crippen molar-refractivity contribution in [3.63, 3.8) is 0 Å². The van der Waals surface area contributed by atoms with Gasteiger partial charge in [-0.05, 0) is 26.0 Å². The van der Waals surface area contributed by atoms with E-state index in [0.29, 0.717) is 11.3 Å². The van der Waals surface area contributed by atoms with Crippen LogP contribution in [0, 0.1) is 0 Å². The molecule has 1 aromatic carbocycles. The predicted molar refractivity (Wildman–Crippen MR) is 85.1 cm³/mol. The molecule has 0 aromatic heterocycles. The largest absolute Gasteiger partial charge is 0.481 e. The molecule has 1 N–H and O–H groups in total. The highest BCUT2D eigenvalue weighted by molar-refractivity contribution is 5.94. The molecule has 2 rings (SSSR count). The average Bonchev–Trinajstić information content (AvgIpc) is 2.99. The lowest BCUT2D eigenvalue weighted by molar-refractivity contribution is -0.150. The number of methoxy groups -OCH3 is 1. The van der Waals surface area contributed by atoms with Gasteiger partial charge in [0, 0.05) is 25.6 Å².